The summed E-state index contributed by atoms with van der Waals surface area (Å²) in [5, 5.41) is 0.552. The summed E-state index contributed by atoms with van der Waals surface area (Å²) in [7, 11) is 2.06. The highest BCUT2D eigenvalue weighted by Gasteiger charge is 2.42. The van der Waals surface area contributed by atoms with Gasteiger partial charge in [-0.05, 0) is 37.7 Å². The molecule has 0 saturated carbocycles. The quantitative estimate of drug-likeness (QED) is 0.583. The average Bonchev–Trinajstić information content (AvgIpc) is 2.72. The Balaban J connectivity index is 1.96. The zero-order chi connectivity index (χ0) is 21.5. The maximum Gasteiger partial charge on any atom is 0.454 e. The monoisotopic (exact) mass is 413 g/mol. The van der Waals surface area contributed by atoms with Gasteiger partial charge in [0.2, 0.25) is 0 Å². The molecule has 4 rings (SSSR count). The van der Waals surface area contributed by atoms with E-state index in [1.165, 1.54) is 6.92 Å². The number of Topliss-reactive ketones (excluding diaryl/α,β-unsaturated/α-hetero) is 1. The van der Waals surface area contributed by atoms with Gasteiger partial charge in [-0.2, -0.15) is 13.2 Å². The molecule has 0 bridgehead atoms. The van der Waals surface area contributed by atoms with Crippen molar-refractivity contribution in [1.82, 2.24) is 9.88 Å². The zero-order valence-electron chi connectivity index (χ0n) is 16.8. The van der Waals surface area contributed by atoms with Gasteiger partial charge in [0.15, 0.2) is 0 Å². The highest BCUT2D eigenvalue weighted by atomic mass is 19.4. The zero-order valence-corrected chi connectivity index (χ0v) is 16.8. The van der Waals surface area contributed by atoms with Gasteiger partial charge in [0.25, 0.3) is 5.78 Å². The SMILES string of the molecule is Cc1nc2ccc(N3CCN(C)CC3)cc2c(-c2ccccc2)c1C(=O)C(F)(F)F. The van der Waals surface area contributed by atoms with Crippen molar-refractivity contribution in [3.05, 3.63) is 59.8 Å². The molecule has 2 heterocycles. The Morgan fingerprint density at radius 2 is 1.67 bits per heavy atom. The van der Waals surface area contributed by atoms with Crippen LogP contribution in [0.25, 0.3) is 22.0 Å². The second-order valence-corrected chi connectivity index (χ2v) is 7.63. The Kier molecular flexibility index (Phi) is 5.24. The number of alkyl halides is 3. The second-order valence-electron chi connectivity index (χ2n) is 7.63. The largest absolute Gasteiger partial charge is 0.454 e. The van der Waals surface area contributed by atoms with E-state index < -0.39 is 12.0 Å². The molecule has 0 atom stereocenters. The molecule has 7 heteroatoms. The molecule has 0 N–H and O–H groups in total. The lowest BCUT2D eigenvalue weighted by Crippen LogP contribution is -2.44. The Morgan fingerprint density at radius 3 is 2.30 bits per heavy atom. The van der Waals surface area contributed by atoms with Crippen LogP contribution in [0.15, 0.2) is 48.5 Å². The number of aryl methyl sites for hydroxylation is 1. The lowest BCUT2D eigenvalue weighted by atomic mass is 9.91. The third-order valence-corrected chi connectivity index (χ3v) is 5.56. The molecule has 156 valence electrons. The van der Waals surface area contributed by atoms with E-state index in [9.17, 15) is 18.0 Å². The van der Waals surface area contributed by atoms with E-state index in [0.29, 0.717) is 16.5 Å². The smallest absolute Gasteiger partial charge is 0.369 e. The van der Waals surface area contributed by atoms with Crippen molar-refractivity contribution >= 4 is 22.4 Å². The number of carbonyl (C=O) groups is 1. The minimum absolute atomic E-state index is 0.0797. The number of pyridine rings is 1. The van der Waals surface area contributed by atoms with Crippen LogP contribution in [0.4, 0.5) is 18.9 Å². The molecule has 0 radical (unpaired) electrons. The van der Waals surface area contributed by atoms with Crippen LogP contribution in [0.3, 0.4) is 0 Å². The summed E-state index contributed by atoms with van der Waals surface area (Å²) < 4.78 is 40.3. The molecule has 0 spiro atoms. The number of aromatic nitrogens is 1. The number of ketones is 1. The molecular formula is C23H22F3N3O. The summed E-state index contributed by atoms with van der Waals surface area (Å²) in [5.41, 5.74) is 2.05. The standard InChI is InChI=1S/C23H22F3N3O/c1-15-20(22(30)23(24,25)26)21(16-6-4-3-5-7-16)18-14-17(8-9-19(18)27-15)29-12-10-28(2)11-13-29/h3-9,14H,10-13H2,1-2H3. The fraction of sp³-hybridized carbons (Fsp3) is 0.304. The molecule has 30 heavy (non-hydrogen) atoms. The number of halogens is 3. The van der Waals surface area contributed by atoms with Crippen LogP contribution in [0.5, 0.6) is 0 Å². The van der Waals surface area contributed by atoms with Crippen LogP contribution in [0, 0.1) is 6.92 Å². The highest BCUT2D eigenvalue weighted by molar-refractivity contribution is 6.13. The van der Waals surface area contributed by atoms with E-state index in [0.717, 1.165) is 31.9 Å². The van der Waals surface area contributed by atoms with E-state index in [2.05, 4.69) is 21.8 Å². The predicted molar refractivity (Wildman–Crippen MR) is 112 cm³/mol. The second kappa shape index (κ2) is 7.72. The Bertz CT molecular complexity index is 1090. The normalized spacial score (nSPS) is 15.6. The van der Waals surface area contributed by atoms with Crippen LogP contribution in [0.1, 0.15) is 16.1 Å². The Labute approximate surface area is 172 Å². The molecule has 3 aromatic rings. The molecule has 0 aliphatic carbocycles. The number of piperazine rings is 1. The number of anilines is 1. The fourth-order valence-corrected chi connectivity index (χ4v) is 3.96. The average molecular weight is 413 g/mol. The maximum atomic E-state index is 13.4. The van der Waals surface area contributed by atoms with Gasteiger partial charge in [0.05, 0.1) is 11.1 Å². The molecular weight excluding hydrogens is 391 g/mol. The number of carbonyl (C=O) groups excluding carboxylic acids is 1. The van der Waals surface area contributed by atoms with Crippen LogP contribution >= 0.6 is 0 Å². The lowest BCUT2D eigenvalue weighted by molar-refractivity contribution is -0.0885. The summed E-state index contributed by atoms with van der Waals surface area (Å²) in [4.78, 5) is 21.2. The van der Waals surface area contributed by atoms with Crippen LogP contribution < -0.4 is 4.90 Å². The summed E-state index contributed by atoms with van der Waals surface area (Å²) in [6.45, 7) is 4.94. The van der Waals surface area contributed by atoms with Crippen molar-refractivity contribution in [3.8, 4) is 11.1 Å². The minimum Gasteiger partial charge on any atom is -0.369 e. The van der Waals surface area contributed by atoms with Crippen molar-refractivity contribution in [2.75, 3.05) is 38.1 Å². The van der Waals surface area contributed by atoms with Gasteiger partial charge >= 0.3 is 6.18 Å². The van der Waals surface area contributed by atoms with Gasteiger partial charge in [-0.1, -0.05) is 30.3 Å². The van der Waals surface area contributed by atoms with E-state index >= 15 is 0 Å². The predicted octanol–water partition coefficient (Wildman–Crippen LogP) is 4.71. The number of benzene rings is 2. The van der Waals surface area contributed by atoms with E-state index in [-0.39, 0.29) is 16.8 Å². The molecule has 4 nitrogen and oxygen atoms in total. The Morgan fingerprint density at radius 1 is 1.00 bits per heavy atom. The number of hydrogen-bond donors (Lipinski definition) is 0. The number of fused-ring (bicyclic) bond motifs is 1. The van der Waals surface area contributed by atoms with Gasteiger partial charge in [0, 0.05) is 48.5 Å². The summed E-state index contributed by atoms with van der Waals surface area (Å²) >= 11 is 0. The van der Waals surface area contributed by atoms with Crippen molar-refractivity contribution in [1.29, 1.82) is 0 Å². The first-order chi connectivity index (χ1) is 14.3. The number of hydrogen-bond acceptors (Lipinski definition) is 4. The number of nitrogens with zero attached hydrogens (tertiary/aromatic N) is 3. The summed E-state index contributed by atoms with van der Waals surface area (Å²) in [6, 6.07) is 14.4. The fourth-order valence-electron chi connectivity index (χ4n) is 3.96. The van der Waals surface area contributed by atoms with Crippen LogP contribution in [0.2, 0.25) is 0 Å². The van der Waals surface area contributed by atoms with Gasteiger partial charge in [-0.3, -0.25) is 9.78 Å². The van der Waals surface area contributed by atoms with Gasteiger partial charge in [-0.15, -0.1) is 0 Å². The Hall–Kier alpha value is -2.93. The van der Waals surface area contributed by atoms with Crippen molar-refractivity contribution < 1.29 is 18.0 Å². The minimum atomic E-state index is -4.97. The van der Waals surface area contributed by atoms with Gasteiger partial charge < -0.3 is 9.80 Å². The van der Waals surface area contributed by atoms with Crippen LogP contribution in [-0.4, -0.2) is 55.1 Å². The first-order valence-electron chi connectivity index (χ1n) is 9.80. The summed E-state index contributed by atoms with van der Waals surface area (Å²) in [6.07, 6.45) is -4.97. The molecule has 1 fully saturated rings. The topological polar surface area (TPSA) is 36.4 Å². The molecule has 1 aromatic heterocycles. The van der Waals surface area contributed by atoms with Crippen molar-refractivity contribution in [2.24, 2.45) is 0 Å². The van der Waals surface area contributed by atoms with Crippen LogP contribution in [-0.2, 0) is 0 Å². The third kappa shape index (κ3) is 3.77. The summed E-state index contributed by atoms with van der Waals surface area (Å²) in [5.74, 6) is -1.86. The number of likely N-dealkylation sites (N-methyl/N-ethyl adjacent to an activating group) is 1. The van der Waals surface area contributed by atoms with E-state index in [4.69, 9.17) is 0 Å². The maximum absolute atomic E-state index is 13.4. The molecule has 2 aromatic carbocycles. The van der Waals surface area contributed by atoms with E-state index in [1.54, 1.807) is 30.3 Å². The van der Waals surface area contributed by atoms with E-state index in [1.807, 2.05) is 18.2 Å². The molecule has 0 amide bonds. The molecule has 1 aliphatic heterocycles. The van der Waals surface area contributed by atoms with Gasteiger partial charge in [-0.25, -0.2) is 0 Å². The molecule has 1 aliphatic rings. The molecule has 0 unspecified atom stereocenters. The molecule has 1 saturated heterocycles. The van der Waals surface area contributed by atoms with Crippen molar-refractivity contribution in [3.63, 3.8) is 0 Å². The van der Waals surface area contributed by atoms with Crippen molar-refractivity contribution in [2.45, 2.75) is 13.1 Å². The number of rotatable bonds is 3. The lowest BCUT2D eigenvalue weighted by Gasteiger charge is -2.34. The first-order valence-corrected chi connectivity index (χ1v) is 9.80. The van der Waals surface area contributed by atoms with Gasteiger partial charge in [0.1, 0.15) is 0 Å². The third-order valence-electron chi connectivity index (χ3n) is 5.56. The highest BCUT2D eigenvalue weighted by Crippen LogP contribution is 2.38. The first kappa shape index (κ1) is 20.3.